The number of carbonyl (C=O) groups excluding carboxylic acids is 2. The van der Waals surface area contributed by atoms with Crippen LogP contribution in [0.2, 0.25) is 0 Å². The van der Waals surface area contributed by atoms with Crippen molar-refractivity contribution in [2.24, 2.45) is 0 Å². The Hall–Kier alpha value is -2.34. The lowest BCUT2D eigenvalue weighted by Crippen LogP contribution is -2.51. The van der Waals surface area contributed by atoms with Crippen molar-refractivity contribution < 1.29 is 14.3 Å². The van der Waals surface area contributed by atoms with Crippen LogP contribution in [0.3, 0.4) is 0 Å². The van der Waals surface area contributed by atoms with E-state index in [4.69, 9.17) is 4.74 Å². The summed E-state index contributed by atoms with van der Waals surface area (Å²) in [5.74, 6) is 0.346. The fraction of sp³-hybridized carbons (Fsp3) is 0.481. The average molecular weight is 515 g/mol. The van der Waals surface area contributed by atoms with Crippen molar-refractivity contribution in [1.82, 2.24) is 10.2 Å². The Morgan fingerprint density at radius 1 is 1.06 bits per heavy atom. The van der Waals surface area contributed by atoms with Crippen molar-refractivity contribution >= 4 is 27.7 Å². The smallest absolute Gasteiger partial charge is 0.261 e. The maximum atomic E-state index is 13.3. The quantitative estimate of drug-likeness (QED) is 0.497. The lowest BCUT2D eigenvalue weighted by Gasteiger charge is -2.31. The van der Waals surface area contributed by atoms with Crippen molar-refractivity contribution in [3.63, 3.8) is 0 Å². The van der Waals surface area contributed by atoms with Crippen molar-refractivity contribution in [2.75, 3.05) is 6.61 Å². The van der Waals surface area contributed by atoms with Crippen molar-refractivity contribution in [3.05, 3.63) is 63.1 Å². The summed E-state index contributed by atoms with van der Waals surface area (Å²) in [5, 5.41) is 3.17. The molecule has 1 saturated carbocycles. The number of benzene rings is 2. The van der Waals surface area contributed by atoms with E-state index in [1.54, 1.807) is 4.90 Å². The zero-order valence-electron chi connectivity index (χ0n) is 20.1. The SMILES string of the molecule is Cc1ccccc1CN(C(=O)COc1cc(C)c(Br)c(C)c1)[C@H](C)C(=O)NC1CCCCC1. The molecule has 1 atom stereocenters. The summed E-state index contributed by atoms with van der Waals surface area (Å²) in [5.41, 5.74) is 4.22. The molecule has 0 spiro atoms. The highest BCUT2D eigenvalue weighted by Gasteiger charge is 2.28. The van der Waals surface area contributed by atoms with Gasteiger partial charge in [-0.15, -0.1) is 0 Å². The molecule has 0 radical (unpaired) electrons. The third kappa shape index (κ3) is 6.83. The molecule has 2 amide bonds. The number of rotatable bonds is 8. The summed E-state index contributed by atoms with van der Waals surface area (Å²) in [6.45, 7) is 8.07. The second kappa shape index (κ2) is 11.7. The van der Waals surface area contributed by atoms with Gasteiger partial charge in [0.15, 0.2) is 6.61 Å². The monoisotopic (exact) mass is 514 g/mol. The van der Waals surface area contributed by atoms with Crippen LogP contribution in [0, 0.1) is 20.8 Å². The first-order chi connectivity index (χ1) is 15.8. The first-order valence-electron chi connectivity index (χ1n) is 11.8. The van der Waals surface area contributed by atoms with Crippen LogP contribution in [0.25, 0.3) is 0 Å². The summed E-state index contributed by atoms with van der Waals surface area (Å²) >= 11 is 3.56. The van der Waals surface area contributed by atoms with Gasteiger partial charge in [0.05, 0.1) is 0 Å². The molecule has 6 heteroatoms. The van der Waals surface area contributed by atoms with Gasteiger partial charge in [0.1, 0.15) is 11.8 Å². The molecule has 0 heterocycles. The van der Waals surface area contributed by atoms with E-state index in [2.05, 4.69) is 21.2 Å². The minimum atomic E-state index is -0.587. The molecule has 2 aromatic carbocycles. The predicted octanol–water partition coefficient (Wildman–Crippen LogP) is 5.62. The number of halogens is 1. The van der Waals surface area contributed by atoms with Crippen LogP contribution >= 0.6 is 15.9 Å². The number of aryl methyl sites for hydroxylation is 3. The van der Waals surface area contributed by atoms with Crippen LogP contribution in [0.1, 0.15) is 61.3 Å². The molecule has 1 aliphatic rings. The molecule has 178 valence electrons. The summed E-state index contributed by atoms with van der Waals surface area (Å²) in [7, 11) is 0. The van der Waals surface area contributed by atoms with Crippen LogP contribution in [-0.2, 0) is 16.1 Å². The maximum Gasteiger partial charge on any atom is 0.261 e. The van der Waals surface area contributed by atoms with Crippen LogP contribution < -0.4 is 10.1 Å². The van der Waals surface area contributed by atoms with Gasteiger partial charge in [0, 0.05) is 17.1 Å². The van der Waals surface area contributed by atoms with Crippen molar-refractivity contribution in [1.29, 1.82) is 0 Å². The first-order valence-corrected chi connectivity index (χ1v) is 12.6. The van der Waals surface area contributed by atoms with Gasteiger partial charge >= 0.3 is 0 Å². The maximum absolute atomic E-state index is 13.3. The molecule has 1 fully saturated rings. The molecule has 33 heavy (non-hydrogen) atoms. The lowest BCUT2D eigenvalue weighted by atomic mass is 9.95. The number of carbonyl (C=O) groups is 2. The van der Waals surface area contributed by atoms with E-state index in [1.807, 2.05) is 64.1 Å². The number of amides is 2. The van der Waals surface area contributed by atoms with Gasteiger partial charge in [-0.05, 0) is 74.9 Å². The third-order valence-corrected chi connectivity index (χ3v) is 7.74. The zero-order valence-corrected chi connectivity index (χ0v) is 21.7. The predicted molar refractivity (Wildman–Crippen MR) is 135 cm³/mol. The molecule has 3 rings (SSSR count). The average Bonchev–Trinajstić information content (AvgIpc) is 2.80. The Morgan fingerprint density at radius 3 is 2.33 bits per heavy atom. The molecule has 1 N–H and O–H groups in total. The number of nitrogens with zero attached hydrogens (tertiary/aromatic N) is 1. The highest BCUT2D eigenvalue weighted by molar-refractivity contribution is 9.10. The Balaban J connectivity index is 1.74. The number of ether oxygens (including phenoxy) is 1. The fourth-order valence-electron chi connectivity index (χ4n) is 4.34. The van der Waals surface area contributed by atoms with E-state index in [1.165, 1.54) is 6.42 Å². The van der Waals surface area contributed by atoms with Crippen molar-refractivity contribution in [3.8, 4) is 5.75 Å². The van der Waals surface area contributed by atoms with Crippen LogP contribution in [0.5, 0.6) is 5.75 Å². The molecule has 0 aliphatic heterocycles. The van der Waals surface area contributed by atoms with Crippen LogP contribution in [-0.4, -0.2) is 35.4 Å². The Bertz CT molecular complexity index is 962. The van der Waals surface area contributed by atoms with Gasteiger partial charge in [-0.1, -0.05) is 59.5 Å². The molecular weight excluding hydrogens is 480 g/mol. The van der Waals surface area contributed by atoms with E-state index in [9.17, 15) is 9.59 Å². The van der Waals surface area contributed by atoms with Gasteiger partial charge in [0.25, 0.3) is 5.91 Å². The molecular formula is C27H35BrN2O3. The second-order valence-electron chi connectivity index (χ2n) is 9.13. The summed E-state index contributed by atoms with van der Waals surface area (Å²) in [6.07, 6.45) is 5.54. The topological polar surface area (TPSA) is 58.6 Å². The molecule has 0 bridgehead atoms. The number of hydrogen-bond donors (Lipinski definition) is 1. The zero-order chi connectivity index (χ0) is 24.0. The number of hydrogen-bond acceptors (Lipinski definition) is 3. The number of nitrogens with one attached hydrogen (secondary N) is 1. The molecule has 0 saturated heterocycles. The van der Waals surface area contributed by atoms with Crippen LogP contribution in [0.15, 0.2) is 40.9 Å². The highest BCUT2D eigenvalue weighted by atomic mass is 79.9. The highest BCUT2D eigenvalue weighted by Crippen LogP contribution is 2.26. The fourth-order valence-corrected chi connectivity index (χ4v) is 4.57. The molecule has 2 aromatic rings. The summed E-state index contributed by atoms with van der Waals surface area (Å²) in [6, 6.07) is 11.4. The first kappa shape index (κ1) is 25.3. The standard InChI is InChI=1S/C27H35BrN2O3/c1-18-10-8-9-11-22(18)16-30(21(4)27(32)29-23-12-6-5-7-13-23)25(31)17-33-24-14-19(2)26(28)20(3)15-24/h8-11,14-15,21,23H,5-7,12-13,16-17H2,1-4H3,(H,29,32)/t21-/m1/s1. The van der Waals surface area contributed by atoms with E-state index in [0.29, 0.717) is 12.3 Å². The Morgan fingerprint density at radius 2 is 1.70 bits per heavy atom. The van der Waals surface area contributed by atoms with Gasteiger partial charge < -0.3 is 15.0 Å². The molecule has 0 aromatic heterocycles. The largest absolute Gasteiger partial charge is 0.484 e. The van der Waals surface area contributed by atoms with E-state index in [-0.39, 0.29) is 24.5 Å². The Kier molecular flexibility index (Phi) is 8.95. The molecule has 0 unspecified atom stereocenters. The minimum Gasteiger partial charge on any atom is -0.484 e. The van der Waals surface area contributed by atoms with Gasteiger partial charge in [-0.25, -0.2) is 0 Å². The summed E-state index contributed by atoms with van der Waals surface area (Å²) in [4.78, 5) is 28.0. The molecule has 1 aliphatic carbocycles. The Labute approximate surface area is 206 Å². The second-order valence-corrected chi connectivity index (χ2v) is 9.92. The van der Waals surface area contributed by atoms with Crippen LogP contribution in [0.4, 0.5) is 0 Å². The summed E-state index contributed by atoms with van der Waals surface area (Å²) < 4.78 is 6.91. The minimum absolute atomic E-state index is 0.0980. The van der Waals surface area contributed by atoms with E-state index in [0.717, 1.165) is 52.4 Å². The van der Waals surface area contributed by atoms with Crippen molar-refractivity contribution in [2.45, 2.75) is 78.4 Å². The van der Waals surface area contributed by atoms with Gasteiger partial charge in [-0.3, -0.25) is 9.59 Å². The molecule has 5 nitrogen and oxygen atoms in total. The third-order valence-electron chi connectivity index (χ3n) is 6.49. The van der Waals surface area contributed by atoms with E-state index >= 15 is 0 Å². The van der Waals surface area contributed by atoms with Gasteiger partial charge in [-0.2, -0.15) is 0 Å². The normalized spacial score (nSPS) is 15.1. The lowest BCUT2D eigenvalue weighted by molar-refractivity contribution is -0.142. The van der Waals surface area contributed by atoms with E-state index < -0.39 is 6.04 Å². The van der Waals surface area contributed by atoms with Gasteiger partial charge in [0.2, 0.25) is 5.91 Å².